The second-order valence-corrected chi connectivity index (χ2v) is 11.1. The Kier molecular flexibility index (Phi) is 17.0. The van der Waals surface area contributed by atoms with E-state index in [1.165, 1.54) is 12.1 Å². The summed E-state index contributed by atoms with van der Waals surface area (Å²) in [6.07, 6.45) is 1.54. The van der Waals surface area contributed by atoms with Crippen molar-refractivity contribution in [1.82, 2.24) is 0 Å². The zero-order chi connectivity index (χ0) is 31.5. The topological polar surface area (TPSA) is 159 Å². The summed E-state index contributed by atoms with van der Waals surface area (Å²) in [6.45, 7) is 11.7. The quantitative estimate of drug-likeness (QED) is 0.0953. The van der Waals surface area contributed by atoms with E-state index in [0.717, 1.165) is 25.7 Å². The molecule has 2 atom stereocenters. The molecule has 0 saturated heterocycles. The summed E-state index contributed by atoms with van der Waals surface area (Å²) in [6, 6.07) is 3.28. The van der Waals surface area contributed by atoms with Gasteiger partial charge in [-0.1, -0.05) is 66.4 Å². The molecule has 0 aromatic heterocycles. The third-order valence-corrected chi connectivity index (χ3v) is 5.46. The van der Waals surface area contributed by atoms with E-state index in [4.69, 9.17) is 38.9 Å². The first-order valence-corrected chi connectivity index (χ1v) is 14.4. The highest BCUT2D eigenvalue weighted by Gasteiger charge is 2.22. The molecule has 12 nitrogen and oxygen atoms in total. The van der Waals surface area contributed by atoms with Gasteiger partial charge in [0.15, 0.2) is 11.5 Å². The predicted octanol–water partition coefficient (Wildman–Crippen LogP) is 6.10. The Morgan fingerprint density at radius 3 is 1.90 bits per heavy atom. The highest BCUT2D eigenvalue weighted by atomic mass is 16.7. The minimum absolute atomic E-state index is 0.00366. The number of nitrogens with two attached hydrogens (primary N) is 1. The summed E-state index contributed by atoms with van der Waals surface area (Å²) < 4.78 is 36.0. The van der Waals surface area contributed by atoms with Gasteiger partial charge in [0.25, 0.3) is 0 Å². The molecule has 1 rings (SSSR count). The van der Waals surface area contributed by atoms with Gasteiger partial charge in [-0.15, -0.1) is 0 Å². The monoisotopic (exact) mass is 597 g/mol. The van der Waals surface area contributed by atoms with Gasteiger partial charge in [-0.25, -0.2) is 14.4 Å². The normalized spacial score (nSPS) is 12.5. The molecule has 1 aromatic rings. The SMILES string of the molecule is CCCCCOC(=O)Oc1ccc(C[C@H](N)C(=O)O[C@@H](C)COC(=O)OCC(C)(C)C)cc1OC(=O)OCCCCC. The van der Waals surface area contributed by atoms with Crippen LogP contribution in [0.1, 0.15) is 85.6 Å². The molecule has 238 valence electrons. The molecule has 0 unspecified atom stereocenters. The van der Waals surface area contributed by atoms with Crippen molar-refractivity contribution in [3.8, 4) is 11.5 Å². The van der Waals surface area contributed by atoms with Crippen LogP contribution in [0, 0.1) is 5.41 Å². The molecule has 2 N–H and O–H groups in total. The van der Waals surface area contributed by atoms with Crippen molar-refractivity contribution >= 4 is 24.4 Å². The number of rotatable bonds is 17. The lowest BCUT2D eigenvalue weighted by Gasteiger charge is -2.19. The highest BCUT2D eigenvalue weighted by molar-refractivity contribution is 5.76. The van der Waals surface area contributed by atoms with Crippen LogP contribution >= 0.6 is 0 Å². The maximum Gasteiger partial charge on any atom is 0.513 e. The van der Waals surface area contributed by atoms with Crippen molar-refractivity contribution in [2.75, 3.05) is 26.4 Å². The standard InChI is InChI=1S/C30H47NO11/c1-7-9-11-15-36-28(34)41-24-14-13-22(18-25(24)42-29(35)37-16-12-10-8-2)17-23(31)26(32)40-21(3)19-38-27(33)39-20-30(4,5)6/h13-14,18,21,23H,7-12,15-17,19-20,31H2,1-6H3/t21-,23-/m0/s1. The second-order valence-electron chi connectivity index (χ2n) is 11.1. The third kappa shape index (κ3) is 16.7. The van der Waals surface area contributed by atoms with E-state index >= 15 is 0 Å². The molecule has 12 heteroatoms. The molecule has 0 aliphatic carbocycles. The van der Waals surface area contributed by atoms with Crippen LogP contribution in [0.15, 0.2) is 18.2 Å². The lowest BCUT2D eigenvalue weighted by molar-refractivity contribution is -0.152. The van der Waals surface area contributed by atoms with E-state index in [0.29, 0.717) is 18.4 Å². The fraction of sp³-hybridized carbons (Fsp3) is 0.667. The van der Waals surface area contributed by atoms with Crippen LogP contribution in [0.25, 0.3) is 0 Å². The maximum atomic E-state index is 12.5. The van der Waals surface area contributed by atoms with Crippen LogP contribution in [0.4, 0.5) is 14.4 Å². The molecule has 0 aliphatic heterocycles. The zero-order valence-corrected chi connectivity index (χ0v) is 25.7. The maximum absolute atomic E-state index is 12.5. The molecular weight excluding hydrogens is 550 g/mol. The van der Waals surface area contributed by atoms with E-state index in [1.54, 1.807) is 13.0 Å². The number of unbranched alkanes of at least 4 members (excludes halogenated alkanes) is 4. The van der Waals surface area contributed by atoms with Crippen LogP contribution in [-0.4, -0.2) is 63.0 Å². The number of benzene rings is 1. The summed E-state index contributed by atoms with van der Waals surface area (Å²) in [7, 11) is 0. The summed E-state index contributed by atoms with van der Waals surface area (Å²) in [5.74, 6) is -0.900. The van der Waals surface area contributed by atoms with Gasteiger partial charge in [0, 0.05) is 0 Å². The zero-order valence-electron chi connectivity index (χ0n) is 25.7. The Labute approximate surface area is 248 Å². The van der Waals surface area contributed by atoms with Crippen molar-refractivity contribution in [3.05, 3.63) is 23.8 Å². The molecule has 0 spiro atoms. The number of hydrogen-bond donors (Lipinski definition) is 1. The first-order valence-electron chi connectivity index (χ1n) is 14.4. The Bertz CT molecular complexity index is 990. The lowest BCUT2D eigenvalue weighted by Crippen LogP contribution is -2.37. The fourth-order valence-corrected chi connectivity index (χ4v) is 3.26. The first kappa shape index (κ1) is 36.5. The van der Waals surface area contributed by atoms with Crippen molar-refractivity contribution in [2.45, 2.75) is 98.6 Å². The van der Waals surface area contributed by atoms with E-state index in [2.05, 4.69) is 0 Å². The average molecular weight is 598 g/mol. The van der Waals surface area contributed by atoms with Gasteiger partial charge in [0.05, 0.1) is 19.8 Å². The van der Waals surface area contributed by atoms with Crippen molar-refractivity contribution in [1.29, 1.82) is 0 Å². The molecule has 42 heavy (non-hydrogen) atoms. The molecule has 0 radical (unpaired) electrons. The summed E-state index contributed by atoms with van der Waals surface area (Å²) in [4.78, 5) is 48.7. The van der Waals surface area contributed by atoms with Crippen LogP contribution in [0.3, 0.4) is 0 Å². The number of carbonyl (C=O) groups excluding carboxylic acids is 4. The summed E-state index contributed by atoms with van der Waals surface area (Å²) in [5.41, 5.74) is 6.32. The van der Waals surface area contributed by atoms with Crippen molar-refractivity contribution < 1.29 is 52.3 Å². The van der Waals surface area contributed by atoms with Crippen molar-refractivity contribution in [3.63, 3.8) is 0 Å². The van der Waals surface area contributed by atoms with E-state index < -0.39 is 36.6 Å². The second kappa shape index (κ2) is 19.6. The predicted molar refractivity (Wildman–Crippen MR) is 153 cm³/mol. The molecular formula is C30H47NO11. The number of esters is 1. The van der Waals surface area contributed by atoms with Gasteiger partial charge in [-0.3, -0.25) is 4.79 Å². The molecule has 0 saturated carbocycles. The minimum Gasteiger partial charge on any atom is -0.458 e. The number of carbonyl (C=O) groups is 4. The Balaban J connectivity index is 2.80. The molecule has 0 heterocycles. The van der Waals surface area contributed by atoms with Gasteiger partial charge in [0.1, 0.15) is 18.8 Å². The molecule has 0 aliphatic rings. The van der Waals surface area contributed by atoms with Gasteiger partial charge >= 0.3 is 24.4 Å². The van der Waals surface area contributed by atoms with Gasteiger partial charge < -0.3 is 38.9 Å². The Morgan fingerprint density at radius 2 is 1.36 bits per heavy atom. The highest BCUT2D eigenvalue weighted by Crippen LogP contribution is 2.30. The van der Waals surface area contributed by atoms with Crippen molar-refractivity contribution in [2.24, 2.45) is 11.1 Å². The van der Waals surface area contributed by atoms with Gasteiger partial charge in [-0.05, 0) is 49.3 Å². The lowest BCUT2D eigenvalue weighted by atomic mass is 9.99. The third-order valence-electron chi connectivity index (χ3n) is 5.46. The van der Waals surface area contributed by atoms with E-state index in [9.17, 15) is 19.2 Å². The Hall–Kier alpha value is -3.54. The molecule has 0 fully saturated rings. The number of ether oxygens (including phenoxy) is 7. The van der Waals surface area contributed by atoms with E-state index in [1.807, 2.05) is 34.6 Å². The van der Waals surface area contributed by atoms with Crippen LogP contribution < -0.4 is 15.2 Å². The Morgan fingerprint density at radius 1 is 0.786 bits per heavy atom. The minimum atomic E-state index is -1.09. The van der Waals surface area contributed by atoms with Crippen LogP contribution in [0.2, 0.25) is 0 Å². The first-order chi connectivity index (χ1) is 19.8. The molecule has 1 aromatic carbocycles. The van der Waals surface area contributed by atoms with E-state index in [-0.39, 0.29) is 49.8 Å². The van der Waals surface area contributed by atoms with Crippen LogP contribution in [-0.2, 0) is 34.9 Å². The van der Waals surface area contributed by atoms with Gasteiger partial charge in [-0.2, -0.15) is 0 Å². The van der Waals surface area contributed by atoms with Crippen LogP contribution in [0.5, 0.6) is 11.5 Å². The summed E-state index contributed by atoms with van der Waals surface area (Å²) in [5, 5.41) is 0. The molecule has 0 amide bonds. The molecule has 0 bridgehead atoms. The van der Waals surface area contributed by atoms with Gasteiger partial charge in [0.2, 0.25) is 0 Å². The summed E-state index contributed by atoms with van der Waals surface area (Å²) >= 11 is 0. The largest absolute Gasteiger partial charge is 0.513 e. The fourth-order valence-electron chi connectivity index (χ4n) is 3.26. The number of hydrogen-bond acceptors (Lipinski definition) is 12. The average Bonchev–Trinajstić information content (AvgIpc) is 2.92. The smallest absolute Gasteiger partial charge is 0.458 e.